The first-order chi connectivity index (χ1) is 14.2. The van der Waals surface area contributed by atoms with Gasteiger partial charge in [0.05, 0.1) is 12.2 Å². The zero-order valence-corrected chi connectivity index (χ0v) is 16.7. The van der Waals surface area contributed by atoms with Crippen LogP contribution in [0.1, 0.15) is 47.1 Å². The third-order valence-electron chi connectivity index (χ3n) is 4.55. The van der Waals surface area contributed by atoms with Crippen LogP contribution in [0.25, 0.3) is 10.8 Å². The second kappa shape index (κ2) is 8.44. The van der Waals surface area contributed by atoms with E-state index in [2.05, 4.69) is 4.98 Å². The van der Waals surface area contributed by atoms with Crippen molar-refractivity contribution in [1.82, 2.24) is 4.98 Å². The molecule has 1 aromatic heterocycles. The van der Waals surface area contributed by atoms with Crippen molar-refractivity contribution < 1.29 is 27.8 Å². The topological polar surface area (TPSA) is 91.5 Å². The minimum atomic E-state index is -1.08. The van der Waals surface area contributed by atoms with Gasteiger partial charge in [0, 0.05) is 22.0 Å². The summed E-state index contributed by atoms with van der Waals surface area (Å²) in [5.41, 5.74) is 4.99. The molecule has 1 amide bonds. The minimum absolute atomic E-state index is 0.0388. The number of carbonyl (C=O) groups excluding carboxylic acids is 2. The highest BCUT2D eigenvalue weighted by Crippen LogP contribution is 2.31. The van der Waals surface area contributed by atoms with E-state index in [1.165, 1.54) is 13.0 Å². The lowest BCUT2D eigenvalue weighted by molar-refractivity contribution is 0.102. The van der Waals surface area contributed by atoms with E-state index in [4.69, 9.17) is 15.2 Å². The lowest BCUT2D eigenvalue weighted by Gasteiger charge is -2.15. The van der Waals surface area contributed by atoms with Gasteiger partial charge in [-0.1, -0.05) is 12.1 Å². The summed E-state index contributed by atoms with van der Waals surface area (Å²) in [6, 6.07) is 8.38. The number of hydrogen-bond donors (Lipinski definition) is 1. The van der Waals surface area contributed by atoms with Crippen molar-refractivity contribution in [3.63, 3.8) is 0 Å². The summed E-state index contributed by atoms with van der Waals surface area (Å²) in [7, 11) is 0. The Morgan fingerprint density at radius 3 is 2.40 bits per heavy atom. The fourth-order valence-corrected chi connectivity index (χ4v) is 3.23. The van der Waals surface area contributed by atoms with Crippen LogP contribution in [0.15, 0.2) is 36.4 Å². The van der Waals surface area contributed by atoms with E-state index >= 15 is 0 Å². The lowest BCUT2D eigenvalue weighted by Crippen LogP contribution is -2.16. The first-order valence-corrected chi connectivity index (χ1v) is 9.25. The molecule has 8 heteroatoms. The van der Waals surface area contributed by atoms with Crippen LogP contribution >= 0.6 is 0 Å². The molecule has 2 aromatic carbocycles. The van der Waals surface area contributed by atoms with Crippen LogP contribution < -0.4 is 10.5 Å². The van der Waals surface area contributed by atoms with E-state index in [0.29, 0.717) is 29.0 Å². The molecule has 0 spiro atoms. The van der Waals surface area contributed by atoms with Crippen molar-refractivity contribution in [2.75, 3.05) is 6.61 Å². The fraction of sp³-hybridized carbons (Fsp3) is 0.227. The molecule has 156 valence electrons. The fourth-order valence-electron chi connectivity index (χ4n) is 3.23. The van der Waals surface area contributed by atoms with Gasteiger partial charge in [-0.05, 0) is 50.6 Å². The van der Waals surface area contributed by atoms with Crippen LogP contribution in [-0.4, -0.2) is 23.5 Å². The first kappa shape index (κ1) is 21.2. The number of carbonyl (C=O) groups is 2. The van der Waals surface area contributed by atoms with Gasteiger partial charge in [-0.15, -0.1) is 0 Å². The lowest BCUT2D eigenvalue weighted by atomic mass is 9.95. The zero-order valence-electron chi connectivity index (χ0n) is 16.7. The van der Waals surface area contributed by atoms with Crippen molar-refractivity contribution in [2.24, 2.45) is 5.73 Å². The quantitative estimate of drug-likeness (QED) is 0.595. The number of aromatic nitrogens is 1. The molecule has 0 aliphatic heterocycles. The smallest absolute Gasteiger partial charge is 0.405 e. The first-order valence-electron chi connectivity index (χ1n) is 9.25. The normalized spacial score (nSPS) is 11.9. The zero-order chi connectivity index (χ0) is 22.0. The van der Waals surface area contributed by atoms with Crippen molar-refractivity contribution >= 4 is 22.6 Å². The number of hydrogen-bond acceptors (Lipinski definition) is 5. The molecule has 0 saturated carbocycles. The standard InChI is InChI=1S/C22H20F2N2O4/c1-4-29-21-15-7-5-6-14(16(15)8-11(2)26-21)20(27)19-17(23)9-13(10-18(19)24)12(3)30-22(25)28/h5-10,12H,4H2,1-3H3,(H2,25,28)/t12-/m1/s1. The summed E-state index contributed by atoms with van der Waals surface area (Å²) in [5, 5.41) is 1.04. The number of ketones is 1. The molecule has 0 unspecified atom stereocenters. The highest BCUT2D eigenvalue weighted by Gasteiger charge is 2.24. The van der Waals surface area contributed by atoms with E-state index in [1.807, 2.05) is 0 Å². The number of primary amides is 1. The predicted octanol–water partition coefficient (Wildman–Crippen LogP) is 4.61. The largest absolute Gasteiger partial charge is 0.478 e. The number of ether oxygens (including phenoxy) is 2. The Morgan fingerprint density at radius 1 is 1.13 bits per heavy atom. The van der Waals surface area contributed by atoms with E-state index in [-0.39, 0.29) is 11.1 Å². The molecule has 0 saturated heterocycles. The maximum Gasteiger partial charge on any atom is 0.405 e. The Balaban J connectivity index is 2.11. The van der Waals surface area contributed by atoms with Crippen molar-refractivity contribution in [1.29, 1.82) is 0 Å². The SMILES string of the molecule is CCOc1nc(C)cc2c(C(=O)c3c(F)cc([C@@H](C)OC(N)=O)cc3F)cccc12. The number of fused-ring (bicyclic) bond motifs is 1. The Morgan fingerprint density at radius 2 is 1.80 bits per heavy atom. The highest BCUT2D eigenvalue weighted by atomic mass is 19.1. The molecule has 0 aliphatic carbocycles. The second-order valence-corrected chi connectivity index (χ2v) is 6.67. The number of pyridine rings is 1. The number of nitrogens with two attached hydrogens (primary N) is 1. The van der Waals surface area contributed by atoms with Crippen LogP contribution in [0.3, 0.4) is 0 Å². The molecule has 30 heavy (non-hydrogen) atoms. The molecule has 0 aliphatic rings. The Kier molecular flexibility index (Phi) is 5.96. The maximum atomic E-state index is 14.8. The van der Waals surface area contributed by atoms with Gasteiger partial charge in [0.2, 0.25) is 5.88 Å². The summed E-state index contributed by atoms with van der Waals surface area (Å²) in [6.45, 7) is 5.33. The van der Waals surface area contributed by atoms with Gasteiger partial charge < -0.3 is 15.2 Å². The van der Waals surface area contributed by atoms with Gasteiger partial charge in [-0.2, -0.15) is 0 Å². The number of rotatable bonds is 6. The molecule has 2 N–H and O–H groups in total. The molecule has 6 nitrogen and oxygen atoms in total. The van der Waals surface area contributed by atoms with Crippen LogP contribution in [0.2, 0.25) is 0 Å². The molecule has 1 atom stereocenters. The van der Waals surface area contributed by atoms with Gasteiger partial charge in [-0.3, -0.25) is 4.79 Å². The predicted molar refractivity (Wildman–Crippen MR) is 107 cm³/mol. The van der Waals surface area contributed by atoms with Crippen molar-refractivity contribution in [3.8, 4) is 5.88 Å². The van der Waals surface area contributed by atoms with Gasteiger partial charge in [0.25, 0.3) is 0 Å². The molecule has 0 radical (unpaired) electrons. The van der Waals surface area contributed by atoms with E-state index in [9.17, 15) is 18.4 Å². The van der Waals surface area contributed by atoms with Gasteiger partial charge >= 0.3 is 6.09 Å². The molecule has 3 rings (SSSR count). The number of aryl methyl sites for hydroxylation is 1. The molecule has 0 fully saturated rings. The highest BCUT2D eigenvalue weighted by molar-refractivity contribution is 6.17. The molecule has 3 aromatic rings. The summed E-state index contributed by atoms with van der Waals surface area (Å²) in [6.07, 6.45) is -2.05. The number of amides is 1. The third kappa shape index (κ3) is 4.07. The minimum Gasteiger partial charge on any atom is -0.478 e. The summed E-state index contributed by atoms with van der Waals surface area (Å²) in [5.74, 6) is -2.61. The summed E-state index contributed by atoms with van der Waals surface area (Å²) < 4.78 is 39.8. The molecular formula is C22H20F2N2O4. The van der Waals surface area contributed by atoms with Gasteiger partial charge in [0.15, 0.2) is 5.78 Å². The Labute approximate surface area is 171 Å². The van der Waals surface area contributed by atoms with E-state index < -0.39 is 35.2 Å². The average molecular weight is 414 g/mol. The average Bonchev–Trinajstić information content (AvgIpc) is 2.66. The monoisotopic (exact) mass is 414 g/mol. The van der Waals surface area contributed by atoms with Crippen LogP contribution in [0.4, 0.5) is 13.6 Å². The molecular weight excluding hydrogens is 394 g/mol. The second-order valence-electron chi connectivity index (χ2n) is 6.67. The van der Waals surface area contributed by atoms with Crippen LogP contribution in [0.5, 0.6) is 5.88 Å². The number of nitrogens with zero attached hydrogens (tertiary/aromatic N) is 1. The van der Waals surface area contributed by atoms with Crippen LogP contribution in [0, 0.1) is 18.6 Å². The number of halogens is 2. The Hall–Kier alpha value is -3.55. The molecule has 1 heterocycles. The van der Waals surface area contributed by atoms with E-state index in [0.717, 1.165) is 12.1 Å². The third-order valence-corrected chi connectivity index (χ3v) is 4.55. The van der Waals surface area contributed by atoms with Crippen molar-refractivity contribution in [3.05, 3.63) is 70.4 Å². The van der Waals surface area contributed by atoms with Gasteiger partial charge in [0.1, 0.15) is 17.7 Å². The van der Waals surface area contributed by atoms with Crippen molar-refractivity contribution in [2.45, 2.75) is 26.9 Å². The summed E-state index contributed by atoms with van der Waals surface area (Å²) >= 11 is 0. The van der Waals surface area contributed by atoms with E-state index in [1.54, 1.807) is 32.0 Å². The molecule has 0 bridgehead atoms. The van der Waals surface area contributed by atoms with Crippen LogP contribution in [-0.2, 0) is 4.74 Å². The Bertz CT molecular complexity index is 1120. The number of benzene rings is 2. The van der Waals surface area contributed by atoms with Gasteiger partial charge in [-0.25, -0.2) is 18.6 Å². The summed E-state index contributed by atoms with van der Waals surface area (Å²) in [4.78, 5) is 28.3. The maximum absolute atomic E-state index is 14.8.